The summed E-state index contributed by atoms with van der Waals surface area (Å²) in [6.45, 7) is 0.332. The average Bonchev–Trinajstić information content (AvgIpc) is 2.31. The zero-order valence-electron chi connectivity index (χ0n) is 10.1. The molecule has 0 saturated carbocycles. The average molecular weight is 246 g/mol. The Hall–Kier alpha value is -1.23. The molecule has 0 atom stereocenters. The summed E-state index contributed by atoms with van der Waals surface area (Å²) in [5, 5.41) is 5.62. The van der Waals surface area contributed by atoms with Crippen LogP contribution in [0.4, 0.5) is 8.78 Å². The van der Waals surface area contributed by atoms with Gasteiger partial charge in [-0.05, 0) is 38.6 Å². The molecule has 98 valence electrons. The van der Waals surface area contributed by atoms with Gasteiger partial charge in [-0.3, -0.25) is 4.79 Å². The van der Waals surface area contributed by atoms with Gasteiger partial charge >= 0.3 is 0 Å². The summed E-state index contributed by atoms with van der Waals surface area (Å²) in [5.41, 5.74) is 0. The minimum Gasteiger partial charge on any atom is -0.353 e. The standard InChI is InChI=1S/C12H20F2N2O/c1-15-9-3-2-6-12(17)16-10-4-5-11(14)7-8-13/h4-5,7,15H,2-3,6,8-10H2,1H3,(H,16,17)/b5-4-,11-7+. The first kappa shape index (κ1) is 15.8. The molecule has 0 aromatic carbocycles. The van der Waals surface area contributed by atoms with Crippen LogP contribution in [0.15, 0.2) is 24.1 Å². The first-order chi connectivity index (χ1) is 8.20. The van der Waals surface area contributed by atoms with E-state index in [-0.39, 0.29) is 12.5 Å². The number of rotatable bonds is 9. The van der Waals surface area contributed by atoms with Crippen LogP contribution in [0.25, 0.3) is 0 Å². The summed E-state index contributed by atoms with van der Waals surface area (Å²) >= 11 is 0. The second-order valence-electron chi connectivity index (χ2n) is 3.51. The van der Waals surface area contributed by atoms with Crippen molar-refractivity contribution in [3.05, 3.63) is 24.1 Å². The van der Waals surface area contributed by atoms with Crippen LogP contribution in [-0.2, 0) is 4.79 Å². The molecular weight excluding hydrogens is 226 g/mol. The molecule has 5 heteroatoms. The Balaban J connectivity index is 3.54. The lowest BCUT2D eigenvalue weighted by molar-refractivity contribution is -0.120. The van der Waals surface area contributed by atoms with E-state index in [1.165, 1.54) is 6.08 Å². The third kappa shape index (κ3) is 11.0. The van der Waals surface area contributed by atoms with E-state index in [4.69, 9.17) is 0 Å². The van der Waals surface area contributed by atoms with Crippen LogP contribution in [0.1, 0.15) is 19.3 Å². The molecule has 0 aliphatic heterocycles. The highest BCUT2D eigenvalue weighted by atomic mass is 19.1. The number of hydrogen-bond donors (Lipinski definition) is 2. The molecule has 2 N–H and O–H groups in total. The van der Waals surface area contributed by atoms with Crippen molar-refractivity contribution in [3.8, 4) is 0 Å². The number of allylic oxidation sites excluding steroid dienone is 3. The van der Waals surface area contributed by atoms with Gasteiger partial charge in [-0.25, -0.2) is 8.78 Å². The lowest BCUT2D eigenvalue weighted by Gasteiger charge is -2.02. The molecule has 0 aliphatic rings. The maximum atomic E-state index is 12.6. The van der Waals surface area contributed by atoms with Gasteiger partial charge in [0.15, 0.2) is 0 Å². The van der Waals surface area contributed by atoms with E-state index < -0.39 is 12.5 Å². The summed E-state index contributed by atoms with van der Waals surface area (Å²) in [4.78, 5) is 11.2. The SMILES string of the molecule is CNCCCCC(=O)NC/C=C\C(F)=C/CF. The van der Waals surface area contributed by atoms with Crippen molar-refractivity contribution in [1.29, 1.82) is 0 Å². The summed E-state index contributed by atoms with van der Waals surface area (Å²) in [6.07, 6.45) is 5.67. The number of hydrogen-bond acceptors (Lipinski definition) is 2. The molecule has 0 saturated heterocycles. The molecule has 0 fully saturated rings. The zero-order valence-corrected chi connectivity index (χ0v) is 10.1. The Morgan fingerprint density at radius 3 is 2.76 bits per heavy atom. The van der Waals surface area contributed by atoms with Gasteiger partial charge in [-0.15, -0.1) is 0 Å². The van der Waals surface area contributed by atoms with Crippen LogP contribution in [0.3, 0.4) is 0 Å². The van der Waals surface area contributed by atoms with Gasteiger partial charge in [0.05, 0.1) is 0 Å². The first-order valence-electron chi connectivity index (χ1n) is 5.70. The Kier molecular flexibility index (Phi) is 10.4. The number of unbranched alkanes of at least 4 members (excludes halogenated alkanes) is 1. The molecule has 0 heterocycles. The van der Waals surface area contributed by atoms with Gasteiger partial charge in [-0.2, -0.15) is 0 Å². The third-order valence-corrected chi connectivity index (χ3v) is 2.05. The molecule has 0 bridgehead atoms. The molecule has 1 amide bonds. The predicted octanol–water partition coefficient (Wildman–Crippen LogP) is 1.87. The van der Waals surface area contributed by atoms with Crippen LogP contribution in [0.2, 0.25) is 0 Å². The molecule has 0 aromatic heterocycles. The molecule has 0 spiro atoms. The number of amides is 1. The number of carbonyl (C=O) groups is 1. The van der Waals surface area contributed by atoms with E-state index in [2.05, 4.69) is 10.6 Å². The van der Waals surface area contributed by atoms with Crippen LogP contribution < -0.4 is 10.6 Å². The maximum absolute atomic E-state index is 12.6. The highest BCUT2D eigenvalue weighted by Crippen LogP contribution is 1.97. The Bertz CT molecular complexity index is 265. The molecule has 0 rings (SSSR count). The van der Waals surface area contributed by atoms with Crippen molar-refractivity contribution < 1.29 is 13.6 Å². The lowest BCUT2D eigenvalue weighted by atomic mass is 10.2. The predicted molar refractivity (Wildman–Crippen MR) is 65.1 cm³/mol. The van der Waals surface area contributed by atoms with Crippen LogP contribution in [0.5, 0.6) is 0 Å². The van der Waals surface area contributed by atoms with Gasteiger partial charge < -0.3 is 10.6 Å². The number of nitrogens with one attached hydrogen (secondary N) is 2. The van der Waals surface area contributed by atoms with Crippen molar-refractivity contribution in [1.82, 2.24) is 10.6 Å². The van der Waals surface area contributed by atoms with Gasteiger partial charge in [0, 0.05) is 13.0 Å². The molecule has 0 unspecified atom stereocenters. The van der Waals surface area contributed by atoms with Crippen LogP contribution in [-0.4, -0.2) is 32.7 Å². The van der Waals surface area contributed by atoms with Crippen molar-refractivity contribution in [2.45, 2.75) is 19.3 Å². The minimum atomic E-state index is -0.825. The van der Waals surface area contributed by atoms with E-state index in [9.17, 15) is 13.6 Å². The van der Waals surface area contributed by atoms with Gasteiger partial charge in [0.1, 0.15) is 12.5 Å². The smallest absolute Gasteiger partial charge is 0.220 e. The van der Waals surface area contributed by atoms with Crippen molar-refractivity contribution >= 4 is 5.91 Å². The minimum absolute atomic E-state index is 0.0550. The molecular formula is C12H20F2N2O. The second-order valence-corrected chi connectivity index (χ2v) is 3.51. The normalized spacial score (nSPS) is 12.1. The van der Waals surface area contributed by atoms with Gasteiger partial charge in [0.2, 0.25) is 5.91 Å². The third-order valence-electron chi connectivity index (χ3n) is 2.05. The Morgan fingerprint density at radius 2 is 2.12 bits per heavy atom. The second kappa shape index (κ2) is 11.3. The fraction of sp³-hybridized carbons (Fsp3) is 0.583. The maximum Gasteiger partial charge on any atom is 0.220 e. The summed E-state index contributed by atoms with van der Waals surface area (Å²) in [6, 6.07) is 0. The van der Waals surface area contributed by atoms with E-state index in [0.29, 0.717) is 6.42 Å². The van der Waals surface area contributed by atoms with Crippen LogP contribution in [0, 0.1) is 0 Å². The topological polar surface area (TPSA) is 41.1 Å². The molecule has 0 radical (unpaired) electrons. The Morgan fingerprint density at radius 1 is 1.35 bits per heavy atom. The zero-order chi connectivity index (χ0) is 12.9. The van der Waals surface area contributed by atoms with Crippen molar-refractivity contribution in [2.24, 2.45) is 0 Å². The highest BCUT2D eigenvalue weighted by Gasteiger charge is 1.98. The Labute approximate surface area is 101 Å². The fourth-order valence-corrected chi connectivity index (χ4v) is 1.16. The molecule has 0 aromatic rings. The monoisotopic (exact) mass is 246 g/mol. The number of halogens is 2. The largest absolute Gasteiger partial charge is 0.353 e. The van der Waals surface area contributed by atoms with Crippen molar-refractivity contribution in [2.75, 3.05) is 26.8 Å². The van der Waals surface area contributed by atoms with E-state index in [1.54, 1.807) is 0 Å². The summed E-state index contributed by atoms with van der Waals surface area (Å²) in [5.74, 6) is -0.684. The van der Waals surface area contributed by atoms with Gasteiger partial charge in [-0.1, -0.05) is 6.08 Å². The number of alkyl halides is 1. The molecule has 0 aliphatic carbocycles. The lowest BCUT2D eigenvalue weighted by Crippen LogP contribution is -2.23. The van der Waals surface area contributed by atoms with Crippen molar-refractivity contribution in [3.63, 3.8) is 0 Å². The van der Waals surface area contributed by atoms with Crippen LogP contribution >= 0.6 is 0 Å². The van der Waals surface area contributed by atoms with E-state index >= 15 is 0 Å². The summed E-state index contributed by atoms with van der Waals surface area (Å²) < 4.78 is 24.3. The van der Waals surface area contributed by atoms with E-state index in [0.717, 1.165) is 31.5 Å². The molecule has 3 nitrogen and oxygen atoms in total. The first-order valence-corrected chi connectivity index (χ1v) is 5.70. The van der Waals surface area contributed by atoms with Gasteiger partial charge in [0.25, 0.3) is 0 Å². The fourth-order valence-electron chi connectivity index (χ4n) is 1.16. The quantitative estimate of drug-likeness (QED) is 0.481. The van der Waals surface area contributed by atoms with E-state index in [1.807, 2.05) is 7.05 Å². The number of carbonyl (C=O) groups excluding carboxylic acids is 1. The highest BCUT2D eigenvalue weighted by molar-refractivity contribution is 5.75. The summed E-state index contributed by atoms with van der Waals surface area (Å²) in [7, 11) is 1.87. The molecule has 17 heavy (non-hydrogen) atoms.